The number of anilines is 1. The van der Waals surface area contributed by atoms with E-state index in [1.807, 2.05) is 13.1 Å². The van der Waals surface area contributed by atoms with Crippen molar-refractivity contribution in [2.24, 2.45) is 5.92 Å². The zero-order valence-electron chi connectivity index (χ0n) is 8.78. The van der Waals surface area contributed by atoms with Crippen molar-refractivity contribution in [3.63, 3.8) is 0 Å². The monoisotopic (exact) mass is 226 g/mol. The predicted molar refractivity (Wildman–Crippen MR) is 61.3 cm³/mol. The summed E-state index contributed by atoms with van der Waals surface area (Å²) in [6.45, 7) is 3.18. The second-order valence-electron chi connectivity index (χ2n) is 3.87. The predicted octanol–water partition coefficient (Wildman–Crippen LogP) is 1.18. The van der Waals surface area contributed by atoms with E-state index in [2.05, 4.69) is 20.4 Å². The van der Waals surface area contributed by atoms with E-state index >= 15 is 0 Å². The first-order valence-electron chi connectivity index (χ1n) is 5.18. The standard InChI is InChI=1S/C10H15ClN4/c1-12-6-8-4-5-15(7-8)10-3-2-9(11)13-14-10/h2-3,8,12H,4-7H2,1H3. The molecule has 82 valence electrons. The van der Waals surface area contributed by atoms with Gasteiger partial charge in [0.25, 0.3) is 0 Å². The first-order valence-corrected chi connectivity index (χ1v) is 5.56. The molecule has 4 nitrogen and oxygen atoms in total. The fourth-order valence-corrected chi connectivity index (χ4v) is 2.07. The van der Waals surface area contributed by atoms with Gasteiger partial charge < -0.3 is 10.2 Å². The van der Waals surface area contributed by atoms with E-state index in [-0.39, 0.29) is 0 Å². The van der Waals surface area contributed by atoms with Gasteiger partial charge in [-0.3, -0.25) is 0 Å². The highest BCUT2D eigenvalue weighted by Gasteiger charge is 2.22. The molecular weight excluding hydrogens is 212 g/mol. The number of rotatable bonds is 3. The quantitative estimate of drug-likeness (QED) is 0.841. The highest BCUT2D eigenvalue weighted by Crippen LogP contribution is 2.21. The summed E-state index contributed by atoms with van der Waals surface area (Å²) in [5.74, 6) is 1.64. The van der Waals surface area contributed by atoms with E-state index in [1.165, 1.54) is 6.42 Å². The van der Waals surface area contributed by atoms with Crippen LogP contribution in [0.25, 0.3) is 0 Å². The van der Waals surface area contributed by atoms with Gasteiger partial charge in [-0.25, -0.2) is 0 Å². The fourth-order valence-electron chi connectivity index (χ4n) is 1.97. The molecule has 1 N–H and O–H groups in total. The molecule has 1 aromatic rings. The Labute approximate surface area is 94.6 Å². The minimum Gasteiger partial charge on any atom is -0.355 e. The van der Waals surface area contributed by atoms with Crippen molar-refractivity contribution in [3.8, 4) is 0 Å². The summed E-state index contributed by atoms with van der Waals surface area (Å²) in [6.07, 6.45) is 1.21. The molecule has 1 atom stereocenters. The molecule has 1 saturated heterocycles. The Bertz CT molecular complexity index is 314. The number of hydrogen-bond donors (Lipinski definition) is 1. The number of halogens is 1. The maximum absolute atomic E-state index is 5.69. The maximum atomic E-state index is 5.69. The Morgan fingerprint density at radius 1 is 1.53 bits per heavy atom. The van der Waals surface area contributed by atoms with E-state index in [0.717, 1.165) is 25.5 Å². The molecule has 1 aliphatic heterocycles. The topological polar surface area (TPSA) is 41.0 Å². The molecule has 15 heavy (non-hydrogen) atoms. The van der Waals surface area contributed by atoms with Gasteiger partial charge in [-0.2, -0.15) is 0 Å². The van der Waals surface area contributed by atoms with Crippen LogP contribution >= 0.6 is 11.6 Å². The molecule has 0 amide bonds. The molecule has 0 radical (unpaired) electrons. The normalized spacial score (nSPS) is 20.9. The fraction of sp³-hybridized carbons (Fsp3) is 0.600. The van der Waals surface area contributed by atoms with Crippen LogP contribution in [0.5, 0.6) is 0 Å². The van der Waals surface area contributed by atoms with Gasteiger partial charge in [0.15, 0.2) is 11.0 Å². The van der Waals surface area contributed by atoms with Crippen molar-refractivity contribution in [2.45, 2.75) is 6.42 Å². The Balaban J connectivity index is 1.98. The van der Waals surface area contributed by atoms with E-state index in [9.17, 15) is 0 Å². The molecule has 1 unspecified atom stereocenters. The van der Waals surface area contributed by atoms with Gasteiger partial charge >= 0.3 is 0 Å². The number of nitrogens with zero attached hydrogens (tertiary/aromatic N) is 3. The SMILES string of the molecule is CNCC1CCN(c2ccc(Cl)nn2)C1. The third-order valence-electron chi connectivity index (χ3n) is 2.72. The summed E-state index contributed by atoms with van der Waals surface area (Å²) in [6, 6.07) is 3.71. The van der Waals surface area contributed by atoms with Crippen LogP contribution in [0.4, 0.5) is 5.82 Å². The smallest absolute Gasteiger partial charge is 0.151 e. The molecule has 1 aliphatic rings. The first kappa shape index (κ1) is 10.6. The zero-order chi connectivity index (χ0) is 10.7. The van der Waals surface area contributed by atoms with Gasteiger partial charge in [0.05, 0.1) is 0 Å². The molecule has 0 aromatic carbocycles. The summed E-state index contributed by atoms with van der Waals surface area (Å²) in [7, 11) is 1.99. The van der Waals surface area contributed by atoms with Crippen LogP contribution in [0.2, 0.25) is 5.15 Å². The summed E-state index contributed by atoms with van der Waals surface area (Å²) in [4.78, 5) is 2.26. The molecule has 0 spiro atoms. The first-order chi connectivity index (χ1) is 7.29. The Morgan fingerprint density at radius 3 is 3.07 bits per heavy atom. The molecule has 0 saturated carbocycles. The molecule has 0 bridgehead atoms. The summed E-state index contributed by atoms with van der Waals surface area (Å²) < 4.78 is 0. The van der Waals surface area contributed by atoms with E-state index < -0.39 is 0 Å². The van der Waals surface area contributed by atoms with E-state index in [4.69, 9.17) is 11.6 Å². The zero-order valence-corrected chi connectivity index (χ0v) is 9.54. The van der Waals surface area contributed by atoms with Gasteiger partial charge in [-0.05, 0) is 38.1 Å². The lowest BCUT2D eigenvalue weighted by Gasteiger charge is -2.16. The molecule has 1 fully saturated rings. The van der Waals surface area contributed by atoms with Crippen molar-refractivity contribution >= 4 is 17.4 Å². The van der Waals surface area contributed by atoms with Crippen molar-refractivity contribution in [1.29, 1.82) is 0 Å². The van der Waals surface area contributed by atoms with Crippen LogP contribution in [0.3, 0.4) is 0 Å². The van der Waals surface area contributed by atoms with Crippen LogP contribution < -0.4 is 10.2 Å². The highest BCUT2D eigenvalue weighted by molar-refractivity contribution is 6.29. The number of hydrogen-bond acceptors (Lipinski definition) is 4. The lowest BCUT2D eigenvalue weighted by Crippen LogP contribution is -2.25. The number of aromatic nitrogens is 2. The van der Waals surface area contributed by atoms with Crippen LogP contribution in [-0.2, 0) is 0 Å². The minimum absolute atomic E-state index is 0.449. The second-order valence-corrected chi connectivity index (χ2v) is 4.26. The van der Waals surface area contributed by atoms with E-state index in [1.54, 1.807) is 6.07 Å². The van der Waals surface area contributed by atoms with Crippen LogP contribution in [0.1, 0.15) is 6.42 Å². The lowest BCUT2D eigenvalue weighted by molar-refractivity contribution is 0.548. The molecule has 2 heterocycles. The van der Waals surface area contributed by atoms with Crippen molar-refractivity contribution in [2.75, 3.05) is 31.6 Å². The van der Waals surface area contributed by atoms with Gasteiger partial charge in [-0.1, -0.05) is 11.6 Å². The largest absolute Gasteiger partial charge is 0.355 e. The minimum atomic E-state index is 0.449. The molecular formula is C10H15ClN4. The average molecular weight is 227 g/mol. The molecule has 5 heteroatoms. The van der Waals surface area contributed by atoms with Crippen molar-refractivity contribution in [1.82, 2.24) is 15.5 Å². The summed E-state index contributed by atoms with van der Waals surface area (Å²) in [5, 5.41) is 11.6. The van der Waals surface area contributed by atoms with E-state index in [0.29, 0.717) is 11.1 Å². The third-order valence-corrected chi connectivity index (χ3v) is 2.92. The van der Waals surface area contributed by atoms with Gasteiger partial charge in [0.2, 0.25) is 0 Å². The van der Waals surface area contributed by atoms with Crippen LogP contribution in [-0.4, -0.2) is 36.9 Å². The summed E-state index contributed by atoms with van der Waals surface area (Å²) in [5.41, 5.74) is 0. The van der Waals surface area contributed by atoms with Gasteiger partial charge in [0.1, 0.15) is 0 Å². The second kappa shape index (κ2) is 4.77. The molecule has 1 aromatic heterocycles. The molecule has 0 aliphatic carbocycles. The number of nitrogens with one attached hydrogen (secondary N) is 1. The third kappa shape index (κ3) is 2.58. The van der Waals surface area contributed by atoms with Gasteiger partial charge in [0, 0.05) is 13.1 Å². The van der Waals surface area contributed by atoms with Crippen molar-refractivity contribution < 1.29 is 0 Å². The van der Waals surface area contributed by atoms with Crippen LogP contribution in [0, 0.1) is 5.92 Å². The average Bonchev–Trinajstić information content (AvgIpc) is 2.68. The Morgan fingerprint density at radius 2 is 2.40 bits per heavy atom. The summed E-state index contributed by atoms with van der Waals surface area (Å²) >= 11 is 5.69. The molecule has 2 rings (SSSR count). The van der Waals surface area contributed by atoms with Gasteiger partial charge in [-0.15, -0.1) is 10.2 Å². The van der Waals surface area contributed by atoms with Crippen LogP contribution in [0.15, 0.2) is 12.1 Å². The highest BCUT2D eigenvalue weighted by atomic mass is 35.5. The Hall–Kier alpha value is -0.870. The van der Waals surface area contributed by atoms with Crippen molar-refractivity contribution in [3.05, 3.63) is 17.3 Å². The Kier molecular flexibility index (Phi) is 3.38. The lowest BCUT2D eigenvalue weighted by atomic mass is 10.1. The maximum Gasteiger partial charge on any atom is 0.151 e.